The topological polar surface area (TPSA) is 17.1 Å². The number of hydrogen-bond acceptors (Lipinski definition) is 1. The normalized spacial score (nSPS) is 10.4. The lowest BCUT2D eigenvalue weighted by molar-refractivity contribution is 0.103. The molecule has 0 aliphatic carbocycles. The van der Waals surface area contributed by atoms with Gasteiger partial charge >= 0.3 is 0 Å². The summed E-state index contributed by atoms with van der Waals surface area (Å²) < 4.78 is 13.3. The molecule has 0 heterocycles. The largest absolute Gasteiger partial charge is 0.289 e. The van der Waals surface area contributed by atoms with E-state index in [-0.39, 0.29) is 15.6 Å². The highest BCUT2D eigenvalue weighted by Gasteiger charge is 2.16. The van der Waals surface area contributed by atoms with Gasteiger partial charge in [-0.1, -0.05) is 40.9 Å². The highest BCUT2D eigenvalue weighted by atomic mass is 35.5. The lowest BCUT2D eigenvalue weighted by Gasteiger charge is -2.05. The molecule has 0 aromatic heterocycles. The SMILES string of the molecule is O=C(c1ccc(Cl)c(Cl)c1)c1cccc(F)c1Cl. The standard InChI is InChI=1S/C13H6Cl3FO/c14-9-5-4-7(6-10(9)15)13(18)8-2-1-3-11(17)12(8)16/h1-6H. The van der Waals surface area contributed by atoms with Gasteiger partial charge in [0.1, 0.15) is 5.82 Å². The van der Waals surface area contributed by atoms with Crippen LogP contribution in [0, 0.1) is 5.82 Å². The number of carbonyl (C=O) groups excluding carboxylic acids is 1. The Bertz CT molecular complexity index is 626. The van der Waals surface area contributed by atoms with Gasteiger partial charge in [-0.3, -0.25) is 4.79 Å². The molecule has 0 atom stereocenters. The Morgan fingerprint density at radius 1 is 1.00 bits per heavy atom. The van der Waals surface area contributed by atoms with Crippen LogP contribution in [0.2, 0.25) is 15.1 Å². The molecule has 1 nitrogen and oxygen atoms in total. The predicted molar refractivity (Wildman–Crippen MR) is 71.3 cm³/mol. The van der Waals surface area contributed by atoms with Crippen molar-refractivity contribution in [2.24, 2.45) is 0 Å². The molecule has 2 rings (SSSR count). The lowest BCUT2D eigenvalue weighted by atomic mass is 10.0. The smallest absolute Gasteiger partial charge is 0.194 e. The summed E-state index contributed by atoms with van der Waals surface area (Å²) in [7, 11) is 0. The average Bonchev–Trinajstić information content (AvgIpc) is 2.35. The van der Waals surface area contributed by atoms with Crippen molar-refractivity contribution in [3.05, 3.63) is 68.4 Å². The molecule has 0 aliphatic rings. The average molecular weight is 304 g/mol. The maximum atomic E-state index is 13.3. The molecule has 2 aromatic rings. The highest BCUT2D eigenvalue weighted by molar-refractivity contribution is 6.42. The minimum Gasteiger partial charge on any atom is -0.289 e. The van der Waals surface area contributed by atoms with Gasteiger partial charge in [0.05, 0.1) is 15.1 Å². The van der Waals surface area contributed by atoms with Gasteiger partial charge in [-0.2, -0.15) is 0 Å². The minimum absolute atomic E-state index is 0.0926. The van der Waals surface area contributed by atoms with E-state index in [1.165, 1.54) is 36.4 Å². The summed E-state index contributed by atoms with van der Waals surface area (Å²) in [5.41, 5.74) is 0.395. The van der Waals surface area contributed by atoms with Crippen molar-refractivity contribution < 1.29 is 9.18 Å². The summed E-state index contributed by atoms with van der Waals surface area (Å²) in [6, 6.07) is 8.51. The number of benzene rings is 2. The Hall–Kier alpha value is -1.09. The second-order valence-corrected chi connectivity index (χ2v) is 4.75. The Kier molecular flexibility index (Phi) is 3.91. The number of halogens is 4. The molecule has 0 N–H and O–H groups in total. The van der Waals surface area contributed by atoms with Gasteiger partial charge in [-0.05, 0) is 30.3 Å². The monoisotopic (exact) mass is 302 g/mol. The van der Waals surface area contributed by atoms with Gasteiger partial charge in [0.2, 0.25) is 0 Å². The maximum absolute atomic E-state index is 13.3. The quantitative estimate of drug-likeness (QED) is 0.712. The van der Waals surface area contributed by atoms with Gasteiger partial charge in [0, 0.05) is 11.1 Å². The van der Waals surface area contributed by atoms with Gasteiger partial charge in [0.25, 0.3) is 0 Å². The molecule has 0 fully saturated rings. The zero-order valence-electron chi connectivity index (χ0n) is 8.88. The third-order valence-electron chi connectivity index (χ3n) is 2.38. The zero-order chi connectivity index (χ0) is 13.3. The van der Waals surface area contributed by atoms with Crippen molar-refractivity contribution in [1.82, 2.24) is 0 Å². The van der Waals surface area contributed by atoms with Crippen molar-refractivity contribution in [2.75, 3.05) is 0 Å². The second kappa shape index (κ2) is 5.27. The Morgan fingerprint density at radius 2 is 1.72 bits per heavy atom. The first kappa shape index (κ1) is 13.3. The van der Waals surface area contributed by atoms with Crippen molar-refractivity contribution in [2.45, 2.75) is 0 Å². The fourth-order valence-corrected chi connectivity index (χ4v) is 1.98. The first-order valence-corrected chi connectivity index (χ1v) is 6.08. The van der Waals surface area contributed by atoms with Crippen molar-refractivity contribution in [1.29, 1.82) is 0 Å². The molecule has 5 heteroatoms. The molecule has 2 aromatic carbocycles. The molecule has 0 saturated carbocycles. The van der Waals surface area contributed by atoms with Gasteiger partial charge in [-0.15, -0.1) is 0 Å². The van der Waals surface area contributed by atoms with Crippen LogP contribution in [0.3, 0.4) is 0 Å². The van der Waals surface area contributed by atoms with E-state index in [1.54, 1.807) is 0 Å². The van der Waals surface area contributed by atoms with Crippen LogP contribution in [-0.4, -0.2) is 5.78 Å². The van der Waals surface area contributed by atoms with E-state index >= 15 is 0 Å². The van der Waals surface area contributed by atoms with E-state index in [0.717, 1.165) is 0 Å². The van der Waals surface area contributed by atoms with Crippen LogP contribution in [0.4, 0.5) is 4.39 Å². The number of rotatable bonds is 2. The fourth-order valence-electron chi connectivity index (χ4n) is 1.47. The van der Waals surface area contributed by atoms with Gasteiger partial charge in [0.15, 0.2) is 5.78 Å². The summed E-state index contributed by atoms with van der Waals surface area (Å²) >= 11 is 17.3. The predicted octanol–water partition coefficient (Wildman–Crippen LogP) is 5.02. The molecule has 0 amide bonds. The van der Waals surface area contributed by atoms with E-state index in [4.69, 9.17) is 34.8 Å². The van der Waals surface area contributed by atoms with Gasteiger partial charge < -0.3 is 0 Å². The molecule has 0 radical (unpaired) electrons. The van der Waals surface area contributed by atoms with Gasteiger partial charge in [-0.25, -0.2) is 4.39 Å². The third kappa shape index (κ3) is 2.51. The molecule has 0 bridgehead atoms. The van der Waals surface area contributed by atoms with E-state index < -0.39 is 11.6 Å². The minimum atomic E-state index is -0.637. The Labute approximate surface area is 118 Å². The third-order valence-corrected chi connectivity index (χ3v) is 3.50. The molecular formula is C13H6Cl3FO. The first-order chi connectivity index (χ1) is 8.50. The van der Waals surface area contributed by atoms with Crippen LogP contribution in [-0.2, 0) is 0 Å². The van der Waals surface area contributed by atoms with Crippen LogP contribution in [0.25, 0.3) is 0 Å². The first-order valence-electron chi connectivity index (χ1n) is 4.94. The van der Waals surface area contributed by atoms with E-state index in [9.17, 15) is 9.18 Å². The lowest BCUT2D eigenvalue weighted by Crippen LogP contribution is -2.03. The van der Waals surface area contributed by atoms with Crippen molar-refractivity contribution >= 4 is 40.6 Å². The summed E-state index contributed by atoms with van der Waals surface area (Å²) in [6.07, 6.45) is 0. The fraction of sp³-hybridized carbons (Fsp3) is 0. The molecule has 0 unspecified atom stereocenters. The molecule has 0 aliphatic heterocycles. The zero-order valence-corrected chi connectivity index (χ0v) is 11.2. The summed E-state index contributed by atoms with van der Waals surface area (Å²) in [5, 5.41) is 0.405. The molecule has 92 valence electrons. The molecular weight excluding hydrogens is 297 g/mol. The van der Waals surface area contributed by atoms with E-state index in [2.05, 4.69) is 0 Å². The molecule has 18 heavy (non-hydrogen) atoms. The van der Waals surface area contributed by atoms with Crippen LogP contribution in [0.1, 0.15) is 15.9 Å². The van der Waals surface area contributed by atoms with Crippen LogP contribution in [0.15, 0.2) is 36.4 Å². The van der Waals surface area contributed by atoms with E-state index in [0.29, 0.717) is 10.6 Å². The summed E-state index contributed by atoms with van der Waals surface area (Å²) in [5.74, 6) is -1.04. The van der Waals surface area contributed by atoms with Crippen molar-refractivity contribution in [3.63, 3.8) is 0 Å². The Balaban J connectivity index is 2.48. The summed E-state index contributed by atoms with van der Waals surface area (Å²) in [6.45, 7) is 0. The Morgan fingerprint density at radius 3 is 2.39 bits per heavy atom. The number of hydrogen-bond donors (Lipinski definition) is 0. The van der Waals surface area contributed by atoms with Crippen LogP contribution in [0.5, 0.6) is 0 Å². The number of ketones is 1. The van der Waals surface area contributed by atoms with E-state index in [1.807, 2.05) is 0 Å². The summed E-state index contributed by atoms with van der Waals surface area (Å²) in [4.78, 5) is 12.1. The number of carbonyl (C=O) groups is 1. The van der Waals surface area contributed by atoms with Crippen LogP contribution >= 0.6 is 34.8 Å². The second-order valence-electron chi connectivity index (χ2n) is 3.56. The molecule has 0 spiro atoms. The van der Waals surface area contributed by atoms with Crippen LogP contribution < -0.4 is 0 Å². The molecule has 0 saturated heterocycles. The maximum Gasteiger partial charge on any atom is 0.194 e. The van der Waals surface area contributed by atoms with Crippen molar-refractivity contribution in [3.8, 4) is 0 Å². The highest BCUT2D eigenvalue weighted by Crippen LogP contribution is 2.26.